The molecule has 2 unspecified atom stereocenters. The third-order valence-electron chi connectivity index (χ3n) is 3.68. The number of halogens is 1. The van der Waals surface area contributed by atoms with Gasteiger partial charge in [-0.15, -0.1) is 0 Å². The van der Waals surface area contributed by atoms with E-state index in [9.17, 15) is 4.79 Å². The first-order valence-corrected chi connectivity index (χ1v) is 7.21. The van der Waals surface area contributed by atoms with Crippen LogP contribution in [0, 0.1) is 5.92 Å². The van der Waals surface area contributed by atoms with Gasteiger partial charge in [0, 0.05) is 12.6 Å². The first-order chi connectivity index (χ1) is 6.83. The summed E-state index contributed by atoms with van der Waals surface area (Å²) >= 11 is 2.19. The van der Waals surface area contributed by atoms with E-state index in [2.05, 4.69) is 27.5 Å². The van der Waals surface area contributed by atoms with Crippen molar-refractivity contribution in [2.24, 2.45) is 5.92 Å². The number of carbonyl (C=O) groups is 1. The van der Waals surface area contributed by atoms with Crippen molar-refractivity contribution in [3.63, 3.8) is 0 Å². The molecule has 0 radical (unpaired) electrons. The molecular formula is C11H18INO. The largest absolute Gasteiger partial charge is 0.339 e. The maximum Gasteiger partial charge on any atom is 0.232 e. The normalized spacial score (nSPS) is 32.5. The van der Waals surface area contributed by atoms with Gasteiger partial charge in [0.1, 0.15) is 0 Å². The Morgan fingerprint density at radius 3 is 2.71 bits per heavy atom. The van der Waals surface area contributed by atoms with Crippen molar-refractivity contribution in [3.05, 3.63) is 0 Å². The molecule has 0 aromatic rings. The van der Waals surface area contributed by atoms with Crippen LogP contribution in [0.2, 0.25) is 0 Å². The number of likely N-dealkylation sites (tertiary alicyclic amines) is 1. The van der Waals surface area contributed by atoms with Crippen LogP contribution in [0.4, 0.5) is 0 Å². The zero-order chi connectivity index (χ0) is 9.97. The van der Waals surface area contributed by atoms with E-state index in [1.54, 1.807) is 0 Å². The minimum absolute atomic E-state index is 0.363. The molecule has 0 aromatic carbocycles. The van der Waals surface area contributed by atoms with Crippen molar-refractivity contribution in [3.8, 4) is 0 Å². The number of alkyl halides is 1. The summed E-state index contributed by atoms with van der Waals surface area (Å²) in [5.41, 5.74) is 0. The lowest BCUT2D eigenvalue weighted by Gasteiger charge is -2.44. The summed E-state index contributed by atoms with van der Waals surface area (Å²) in [6.45, 7) is 1.02. The Balaban J connectivity index is 2.04. The van der Waals surface area contributed by atoms with Crippen molar-refractivity contribution in [1.82, 2.24) is 4.90 Å². The Morgan fingerprint density at radius 1 is 1.21 bits per heavy atom. The van der Waals surface area contributed by atoms with Crippen LogP contribution in [0.25, 0.3) is 0 Å². The van der Waals surface area contributed by atoms with E-state index in [4.69, 9.17) is 0 Å². The van der Waals surface area contributed by atoms with Crippen LogP contribution in [-0.2, 0) is 4.79 Å². The predicted molar refractivity (Wildman–Crippen MR) is 65.6 cm³/mol. The Bertz CT molecular complexity index is 217. The minimum atomic E-state index is 0.363. The van der Waals surface area contributed by atoms with Crippen LogP contribution in [0.1, 0.15) is 38.5 Å². The van der Waals surface area contributed by atoms with Gasteiger partial charge in [0.25, 0.3) is 0 Å². The van der Waals surface area contributed by atoms with Gasteiger partial charge in [-0.1, -0.05) is 35.4 Å². The van der Waals surface area contributed by atoms with Gasteiger partial charge in [-0.3, -0.25) is 4.79 Å². The fourth-order valence-electron chi connectivity index (χ4n) is 3.01. The van der Waals surface area contributed by atoms with Crippen molar-refractivity contribution < 1.29 is 4.79 Å². The van der Waals surface area contributed by atoms with E-state index >= 15 is 0 Å². The van der Waals surface area contributed by atoms with Gasteiger partial charge in [0.15, 0.2) is 0 Å². The van der Waals surface area contributed by atoms with Crippen LogP contribution >= 0.6 is 22.6 Å². The van der Waals surface area contributed by atoms with Crippen molar-refractivity contribution in [2.45, 2.75) is 44.6 Å². The summed E-state index contributed by atoms with van der Waals surface area (Å²) in [5.74, 6) is 1.19. The molecular weight excluding hydrogens is 289 g/mol. The second kappa shape index (κ2) is 4.81. The van der Waals surface area contributed by atoms with E-state index in [0.29, 0.717) is 16.4 Å². The smallest absolute Gasteiger partial charge is 0.232 e. The molecule has 0 N–H and O–H groups in total. The molecule has 1 aliphatic heterocycles. The average molecular weight is 307 g/mol. The summed E-state index contributed by atoms with van der Waals surface area (Å²) in [6.07, 6.45) is 7.90. The highest BCUT2D eigenvalue weighted by atomic mass is 127. The van der Waals surface area contributed by atoms with Gasteiger partial charge in [0.05, 0.1) is 4.43 Å². The van der Waals surface area contributed by atoms with Crippen LogP contribution in [0.5, 0.6) is 0 Å². The molecule has 1 amide bonds. The molecule has 3 heteroatoms. The molecule has 1 aliphatic carbocycles. The van der Waals surface area contributed by atoms with Crippen LogP contribution in [-0.4, -0.2) is 27.8 Å². The van der Waals surface area contributed by atoms with Crippen molar-refractivity contribution in [2.75, 3.05) is 11.0 Å². The Kier molecular flexibility index (Phi) is 3.68. The third kappa shape index (κ3) is 2.07. The standard InChI is InChI=1S/C11H18INO/c12-8-11(14)13-7-3-5-9-4-1-2-6-10(9)13/h9-10H,1-8H2. The van der Waals surface area contributed by atoms with E-state index < -0.39 is 0 Å². The molecule has 2 aliphatic rings. The molecule has 2 fully saturated rings. The van der Waals surface area contributed by atoms with Gasteiger partial charge in [-0.05, 0) is 31.6 Å². The first kappa shape index (κ1) is 10.7. The van der Waals surface area contributed by atoms with Crippen molar-refractivity contribution in [1.29, 1.82) is 0 Å². The number of rotatable bonds is 1. The van der Waals surface area contributed by atoms with Crippen LogP contribution in [0.3, 0.4) is 0 Å². The fourth-order valence-corrected chi connectivity index (χ4v) is 3.45. The summed E-state index contributed by atoms with van der Waals surface area (Å²) in [4.78, 5) is 13.9. The van der Waals surface area contributed by atoms with Gasteiger partial charge in [0.2, 0.25) is 5.91 Å². The molecule has 1 saturated heterocycles. The fraction of sp³-hybridized carbons (Fsp3) is 0.909. The number of hydrogen-bond acceptors (Lipinski definition) is 1. The molecule has 2 atom stereocenters. The predicted octanol–water partition coefficient (Wildman–Crippen LogP) is 2.60. The lowest BCUT2D eigenvalue weighted by atomic mass is 9.78. The average Bonchev–Trinajstić information content (AvgIpc) is 2.27. The number of nitrogens with zero attached hydrogens (tertiary/aromatic N) is 1. The highest BCUT2D eigenvalue weighted by Crippen LogP contribution is 2.35. The second-order valence-electron chi connectivity index (χ2n) is 4.47. The molecule has 0 spiro atoms. The van der Waals surface area contributed by atoms with Gasteiger partial charge < -0.3 is 4.90 Å². The minimum Gasteiger partial charge on any atom is -0.339 e. The molecule has 0 bridgehead atoms. The Hall–Kier alpha value is 0.200. The van der Waals surface area contributed by atoms with Crippen LogP contribution < -0.4 is 0 Å². The molecule has 80 valence electrons. The van der Waals surface area contributed by atoms with Gasteiger partial charge in [-0.25, -0.2) is 0 Å². The number of piperidine rings is 1. The molecule has 1 heterocycles. The molecule has 0 aromatic heterocycles. The lowest BCUT2D eigenvalue weighted by Crippen LogP contribution is -2.50. The topological polar surface area (TPSA) is 20.3 Å². The number of fused-ring (bicyclic) bond motifs is 1. The molecule has 1 saturated carbocycles. The van der Waals surface area contributed by atoms with E-state index in [1.807, 2.05) is 0 Å². The molecule has 2 nitrogen and oxygen atoms in total. The first-order valence-electron chi connectivity index (χ1n) is 5.68. The lowest BCUT2D eigenvalue weighted by molar-refractivity contribution is -0.134. The van der Waals surface area contributed by atoms with Crippen molar-refractivity contribution >= 4 is 28.5 Å². The summed E-state index contributed by atoms with van der Waals surface area (Å²) < 4.78 is 0.654. The maximum absolute atomic E-state index is 11.7. The third-order valence-corrected chi connectivity index (χ3v) is 4.33. The zero-order valence-electron chi connectivity index (χ0n) is 8.54. The van der Waals surface area contributed by atoms with Crippen LogP contribution in [0.15, 0.2) is 0 Å². The number of carbonyl (C=O) groups excluding carboxylic acids is 1. The Morgan fingerprint density at radius 2 is 1.93 bits per heavy atom. The number of hydrogen-bond donors (Lipinski definition) is 0. The summed E-state index contributed by atoms with van der Waals surface area (Å²) in [5, 5.41) is 0. The number of amides is 1. The van der Waals surface area contributed by atoms with Gasteiger partial charge in [-0.2, -0.15) is 0 Å². The molecule has 2 rings (SSSR count). The molecule has 14 heavy (non-hydrogen) atoms. The van der Waals surface area contributed by atoms with E-state index in [-0.39, 0.29) is 0 Å². The summed E-state index contributed by atoms with van der Waals surface area (Å²) in [7, 11) is 0. The quantitative estimate of drug-likeness (QED) is 0.539. The van der Waals surface area contributed by atoms with E-state index in [1.165, 1.54) is 38.5 Å². The summed E-state index contributed by atoms with van der Waals surface area (Å²) in [6, 6.07) is 0.597. The Labute approximate surface area is 99.6 Å². The monoisotopic (exact) mass is 307 g/mol. The van der Waals surface area contributed by atoms with E-state index in [0.717, 1.165) is 12.5 Å². The van der Waals surface area contributed by atoms with Gasteiger partial charge >= 0.3 is 0 Å². The highest BCUT2D eigenvalue weighted by Gasteiger charge is 2.34. The SMILES string of the molecule is O=C(CI)N1CCCC2CCCCC21. The zero-order valence-corrected chi connectivity index (χ0v) is 10.7. The maximum atomic E-state index is 11.7. The second-order valence-corrected chi connectivity index (χ2v) is 5.24. The highest BCUT2D eigenvalue weighted by molar-refractivity contribution is 14.1.